The Kier molecular flexibility index (Phi) is 7.47. The Morgan fingerprint density at radius 1 is 1.22 bits per heavy atom. The van der Waals surface area contributed by atoms with Crippen LogP contribution in [0.4, 0.5) is 4.39 Å². The molecule has 0 amide bonds. The van der Waals surface area contributed by atoms with Gasteiger partial charge in [-0.25, -0.2) is 4.39 Å². The SMILES string of the molecule is CC(C)C(CCO)NC1CCN(CCc2ccc(F)cc2)CC1. The lowest BCUT2D eigenvalue weighted by Crippen LogP contribution is -2.48. The second-order valence-corrected chi connectivity index (χ2v) is 7.02. The molecule has 1 aliphatic heterocycles. The second-order valence-electron chi connectivity index (χ2n) is 7.02. The summed E-state index contributed by atoms with van der Waals surface area (Å²) in [4.78, 5) is 2.50. The first-order valence-electron chi connectivity index (χ1n) is 8.92. The van der Waals surface area contributed by atoms with Gasteiger partial charge in [-0.1, -0.05) is 26.0 Å². The Labute approximate surface area is 139 Å². The van der Waals surface area contributed by atoms with Gasteiger partial charge in [-0.2, -0.15) is 0 Å². The molecule has 0 aliphatic carbocycles. The lowest BCUT2D eigenvalue weighted by atomic mass is 9.97. The van der Waals surface area contributed by atoms with E-state index in [1.165, 1.54) is 5.56 Å². The van der Waals surface area contributed by atoms with E-state index in [-0.39, 0.29) is 12.4 Å². The third-order valence-corrected chi connectivity index (χ3v) is 4.91. The third kappa shape index (κ3) is 6.21. The zero-order valence-electron chi connectivity index (χ0n) is 14.5. The van der Waals surface area contributed by atoms with Gasteiger partial charge >= 0.3 is 0 Å². The minimum atomic E-state index is -0.164. The van der Waals surface area contributed by atoms with Crippen LogP contribution in [0.3, 0.4) is 0 Å². The van der Waals surface area contributed by atoms with Gasteiger partial charge in [0.1, 0.15) is 5.82 Å². The number of nitrogens with one attached hydrogen (secondary N) is 1. The number of rotatable bonds is 8. The van der Waals surface area contributed by atoms with Crippen molar-refractivity contribution >= 4 is 0 Å². The van der Waals surface area contributed by atoms with Crippen molar-refractivity contribution < 1.29 is 9.50 Å². The molecule has 1 saturated heterocycles. The van der Waals surface area contributed by atoms with E-state index in [0.717, 1.165) is 45.3 Å². The first-order valence-corrected chi connectivity index (χ1v) is 8.92. The predicted octanol–water partition coefficient (Wildman–Crippen LogP) is 2.83. The molecule has 0 saturated carbocycles. The summed E-state index contributed by atoms with van der Waals surface area (Å²) in [5, 5.41) is 12.9. The molecule has 1 aromatic carbocycles. The molecule has 0 spiro atoms. The highest BCUT2D eigenvalue weighted by Crippen LogP contribution is 2.15. The van der Waals surface area contributed by atoms with Gasteiger partial charge < -0.3 is 15.3 Å². The fourth-order valence-electron chi connectivity index (χ4n) is 3.31. The largest absolute Gasteiger partial charge is 0.396 e. The van der Waals surface area contributed by atoms with E-state index in [9.17, 15) is 9.50 Å². The average Bonchev–Trinajstić information content (AvgIpc) is 2.55. The number of halogens is 1. The molecule has 1 aliphatic rings. The molecule has 1 heterocycles. The topological polar surface area (TPSA) is 35.5 Å². The van der Waals surface area contributed by atoms with E-state index < -0.39 is 0 Å². The first-order chi connectivity index (χ1) is 11.1. The molecular weight excluding hydrogens is 291 g/mol. The smallest absolute Gasteiger partial charge is 0.123 e. The molecule has 130 valence electrons. The number of hydrogen-bond acceptors (Lipinski definition) is 3. The van der Waals surface area contributed by atoms with Crippen LogP contribution < -0.4 is 5.32 Å². The van der Waals surface area contributed by atoms with E-state index in [1.807, 2.05) is 12.1 Å². The summed E-state index contributed by atoms with van der Waals surface area (Å²) < 4.78 is 12.9. The molecular formula is C19H31FN2O. The van der Waals surface area contributed by atoms with Crippen LogP contribution in [-0.4, -0.2) is 48.3 Å². The summed E-state index contributed by atoms with van der Waals surface area (Å²) in [7, 11) is 0. The highest BCUT2D eigenvalue weighted by Gasteiger charge is 2.22. The summed E-state index contributed by atoms with van der Waals surface area (Å²) in [6.45, 7) is 7.96. The number of nitrogens with zero attached hydrogens (tertiary/aromatic N) is 1. The van der Waals surface area contributed by atoms with E-state index in [4.69, 9.17) is 0 Å². The highest BCUT2D eigenvalue weighted by molar-refractivity contribution is 5.16. The third-order valence-electron chi connectivity index (χ3n) is 4.91. The van der Waals surface area contributed by atoms with Crippen molar-refractivity contribution in [1.29, 1.82) is 0 Å². The first kappa shape index (κ1) is 18.4. The van der Waals surface area contributed by atoms with E-state index >= 15 is 0 Å². The van der Waals surface area contributed by atoms with Gasteiger partial charge in [-0.3, -0.25) is 0 Å². The van der Waals surface area contributed by atoms with Crippen LogP contribution in [0.5, 0.6) is 0 Å². The number of piperidine rings is 1. The van der Waals surface area contributed by atoms with Crippen molar-refractivity contribution in [3.8, 4) is 0 Å². The molecule has 1 fully saturated rings. The Hall–Kier alpha value is -0.970. The minimum Gasteiger partial charge on any atom is -0.396 e. The van der Waals surface area contributed by atoms with Gasteiger partial charge in [-0.15, -0.1) is 0 Å². The van der Waals surface area contributed by atoms with Gasteiger partial charge in [0.15, 0.2) is 0 Å². The Balaban J connectivity index is 1.70. The van der Waals surface area contributed by atoms with Gasteiger partial charge in [-0.05, 0) is 62.4 Å². The van der Waals surface area contributed by atoms with Gasteiger partial charge in [0.25, 0.3) is 0 Å². The van der Waals surface area contributed by atoms with Crippen LogP contribution in [0.15, 0.2) is 24.3 Å². The molecule has 2 N–H and O–H groups in total. The zero-order chi connectivity index (χ0) is 16.7. The normalized spacial score (nSPS) is 18.5. The summed E-state index contributed by atoms with van der Waals surface area (Å²) in [6, 6.07) is 7.82. The van der Waals surface area contributed by atoms with Crippen molar-refractivity contribution in [3.63, 3.8) is 0 Å². The number of aliphatic hydroxyl groups is 1. The van der Waals surface area contributed by atoms with Crippen LogP contribution in [0.1, 0.15) is 38.7 Å². The van der Waals surface area contributed by atoms with E-state index in [1.54, 1.807) is 12.1 Å². The molecule has 4 heteroatoms. The van der Waals surface area contributed by atoms with E-state index in [0.29, 0.717) is 18.0 Å². The van der Waals surface area contributed by atoms with Crippen molar-refractivity contribution in [3.05, 3.63) is 35.6 Å². The van der Waals surface area contributed by atoms with Crippen molar-refractivity contribution in [2.24, 2.45) is 5.92 Å². The van der Waals surface area contributed by atoms with Crippen molar-refractivity contribution in [2.45, 2.75) is 51.6 Å². The molecule has 1 aromatic rings. The average molecular weight is 322 g/mol. The maximum absolute atomic E-state index is 12.9. The van der Waals surface area contributed by atoms with Gasteiger partial charge in [0.2, 0.25) is 0 Å². The summed E-state index contributed by atoms with van der Waals surface area (Å²) in [5.41, 5.74) is 1.20. The Morgan fingerprint density at radius 3 is 2.43 bits per heavy atom. The summed E-state index contributed by atoms with van der Waals surface area (Å²) in [5.74, 6) is 0.391. The predicted molar refractivity (Wildman–Crippen MR) is 93.0 cm³/mol. The molecule has 3 nitrogen and oxygen atoms in total. The molecule has 0 aromatic heterocycles. The quantitative estimate of drug-likeness (QED) is 0.772. The van der Waals surface area contributed by atoms with Crippen LogP contribution in [0, 0.1) is 11.7 Å². The molecule has 0 bridgehead atoms. The molecule has 2 rings (SSSR count). The Bertz CT molecular complexity index is 441. The van der Waals surface area contributed by atoms with Gasteiger partial charge in [0, 0.05) is 25.2 Å². The van der Waals surface area contributed by atoms with E-state index in [2.05, 4.69) is 24.1 Å². The lowest BCUT2D eigenvalue weighted by Gasteiger charge is -2.35. The monoisotopic (exact) mass is 322 g/mol. The summed E-state index contributed by atoms with van der Waals surface area (Å²) >= 11 is 0. The number of hydrogen-bond donors (Lipinski definition) is 2. The van der Waals surface area contributed by atoms with Gasteiger partial charge in [0.05, 0.1) is 0 Å². The fraction of sp³-hybridized carbons (Fsp3) is 0.684. The molecule has 23 heavy (non-hydrogen) atoms. The molecule has 0 radical (unpaired) electrons. The minimum absolute atomic E-state index is 0.164. The standard InChI is InChI=1S/C19H31FN2O/c1-15(2)19(10-14-23)21-18-8-12-22(13-9-18)11-7-16-3-5-17(20)6-4-16/h3-6,15,18-19,21,23H,7-14H2,1-2H3. The van der Waals surface area contributed by atoms with Crippen LogP contribution in [-0.2, 0) is 6.42 Å². The number of likely N-dealkylation sites (tertiary alicyclic amines) is 1. The molecule has 1 atom stereocenters. The summed E-state index contributed by atoms with van der Waals surface area (Å²) in [6.07, 6.45) is 4.15. The number of benzene rings is 1. The Morgan fingerprint density at radius 2 is 1.87 bits per heavy atom. The highest BCUT2D eigenvalue weighted by atomic mass is 19.1. The van der Waals surface area contributed by atoms with Crippen LogP contribution in [0.2, 0.25) is 0 Å². The number of aliphatic hydroxyl groups excluding tert-OH is 1. The lowest BCUT2D eigenvalue weighted by molar-refractivity contribution is 0.174. The van der Waals surface area contributed by atoms with Crippen LogP contribution >= 0.6 is 0 Å². The maximum atomic E-state index is 12.9. The second kappa shape index (κ2) is 9.36. The van der Waals surface area contributed by atoms with Crippen molar-refractivity contribution in [2.75, 3.05) is 26.2 Å². The zero-order valence-corrected chi connectivity index (χ0v) is 14.5. The maximum Gasteiger partial charge on any atom is 0.123 e. The fourth-order valence-corrected chi connectivity index (χ4v) is 3.31. The van der Waals surface area contributed by atoms with Crippen LogP contribution in [0.25, 0.3) is 0 Å². The van der Waals surface area contributed by atoms with Crippen molar-refractivity contribution in [1.82, 2.24) is 10.2 Å². The molecule has 1 unspecified atom stereocenters.